The molecule has 0 bridgehead atoms. The summed E-state index contributed by atoms with van der Waals surface area (Å²) in [6.07, 6.45) is 1.71. The van der Waals surface area contributed by atoms with E-state index < -0.39 is 5.41 Å². The molecule has 1 unspecified atom stereocenters. The Morgan fingerprint density at radius 2 is 1.90 bits per heavy atom. The molecular weight excluding hydrogens is 250 g/mol. The molecule has 1 aliphatic heterocycles. The van der Waals surface area contributed by atoms with Gasteiger partial charge in [-0.3, -0.25) is 4.79 Å². The highest BCUT2D eigenvalue weighted by atomic mass is 16.5. The molecule has 1 heterocycles. The lowest BCUT2D eigenvalue weighted by Gasteiger charge is -2.32. The molecule has 0 aromatic heterocycles. The molecule has 0 saturated heterocycles. The first-order valence-electron chi connectivity index (χ1n) is 6.90. The summed E-state index contributed by atoms with van der Waals surface area (Å²) in [4.78, 5) is 17.3. The molecule has 1 aliphatic carbocycles. The molecule has 104 valence electrons. The average Bonchev–Trinajstić information content (AvgIpc) is 2.77. The molecule has 0 saturated carbocycles. The van der Waals surface area contributed by atoms with Gasteiger partial charge in [0.1, 0.15) is 12.0 Å². The first-order valence-corrected chi connectivity index (χ1v) is 6.90. The zero-order chi connectivity index (χ0) is 14.5. The number of carbonyl (C=O) groups excluding carboxylic acids is 1. The number of benzene rings is 1. The summed E-state index contributed by atoms with van der Waals surface area (Å²) < 4.78 is 5.77. The third kappa shape index (κ3) is 1.73. The highest BCUT2D eigenvalue weighted by molar-refractivity contribution is 6.20. The lowest BCUT2D eigenvalue weighted by Crippen LogP contribution is -2.42. The Morgan fingerprint density at radius 1 is 1.20 bits per heavy atom. The Balaban J connectivity index is 2.21. The maximum absolute atomic E-state index is 12.7. The van der Waals surface area contributed by atoms with Gasteiger partial charge in [0.15, 0.2) is 5.78 Å². The normalized spacial score (nSPS) is 27.5. The summed E-state index contributed by atoms with van der Waals surface area (Å²) >= 11 is 0. The molecule has 20 heavy (non-hydrogen) atoms. The smallest absolute Gasteiger partial charge is 0.202 e. The largest absolute Gasteiger partial charge is 0.477 e. The number of hydrogen-bond donors (Lipinski definition) is 0. The lowest BCUT2D eigenvalue weighted by atomic mass is 9.71. The molecule has 0 fully saturated rings. The fourth-order valence-electron chi connectivity index (χ4n) is 2.88. The van der Waals surface area contributed by atoms with E-state index in [9.17, 15) is 4.79 Å². The van der Waals surface area contributed by atoms with Crippen LogP contribution in [-0.4, -0.2) is 23.8 Å². The van der Waals surface area contributed by atoms with Crippen LogP contribution in [0.4, 0.5) is 0 Å². The predicted molar refractivity (Wildman–Crippen MR) is 79.9 cm³/mol. The van der Waals surface area contributed by atoms with Gasteiger partial charge >= 0.3 is 0 Å². The summed E-state index contributed by atoms with van der Waals surface area (Å²) in [6, 6.07) is 8.00. The number of aliphatic imine (C=N–C) groups is 1. The van der Waals surface area contributed by atoms with Gasteiger partial charge in [0.05, 0.1) is 5.54 Å². The predicted octanol–water partition coefficient (Wildman–Crippen LogP) is 3.14. The van der Waals surface area contributed by atoms with Crippen LogP contribution in [0.3, 0.4) is 0 Å². The molecule has 1 atom stereocenters. The van der Waals surface area contributed by atoms with E-state index in [1.54, 1.807) is 6.08 Å². The van der Waals surface area contributed by atoms with E-state index in [-0.39, 0.29) is 11.3 Å². The number of ketones is 1. The summed E-state index contributed by atoms with van der Waals surface area (Å²) in [6.45, 7) is 8.44. The van der Waals surface area contributed by atoms with Crippen LogP contribution in [0.2, 0.25) is 0 Å². The first-order chi connectivity index (χ1) is 9.34. The minimum atomic E-state index is -0.802. The lowest BCUT2D eigenvalue weighted by molar-refractivity contribution is -0.117. The van der Waals surface area contributed by atoms with Crippen LogP contribution in [0.15, 0.2) is 35.3 Å². The van der Waals surface area contributed by atoms with Crippen LogP contribution in [-0.2, 0) is 14.9 Å². The summed E-state index contributed by atoms with van der Waals surface area (Å²) in [5, 5.41) is 0. The Morgan fingerprint density at radius 3 is 2.55 bits per heavy atom. The van der Waals surface area contributed by atoms with Crippen LogP contribution in [0.1, 0.15) is 38.8 Å². The van der Waals surface area contributed by atoms with Crippen LogP contribution < -0.4 is 0 Å². The zero-order valence-electron chi connectivity index (χ0n) is 12.4. The standard InChI is InChI=1S/C17H19NO2/c1-11-9-14(19)17(4,13-8-6-5-7-12(11)13)15-18-16(2,3)10-20-15/h5-9H,10H2,1-4H3. The molecule has 0 radical (unpaired) electrons. The topological polar surface area (TPSA) is 38.7 Å². The van der Waals surface area contributed by atoms with Gasteiger partial charge in [0, 0.05) is 0 Å². The second kappa shape index (κ2) is 4.05. The Hall–Kier alpha value is -1.90. The van der Waals surface area contributed by atoms with Crippen molar-refractivity contribution in [1.82, 2.24) is 0 Å². The summed E-state index contributed by atoms with van der Waals surface area (Å²) in [5.41, 5.74) is 2.03. The Bertz CT molecular complexity index is 655. The molecule has 2 aliphatic rings. The fourth-order valence-corrected chi connectivity index (χ4v) is 2.88. The maximum Gasteiger partial charge on any atom is 0.202 e. The second-order valence-corrected chi connectivity index (χ2v) is 6.38. The molecule has 1 aromatic carbocycles. The van der Waals surface area contributed by atoms with Gasteiger partial charge < -0.3 is 4.74 Å². The maximum atomic E-state index is 12.7. The number of hydrogen-bond acceptors (Lipinski definition) is 3. The van der Waals surface area contributed by atoms with E-state index in [4.69, 9.17) is 4.74 Å². The third-order valence-corrected chi connectivity index (χ3v) is 4.13. The second-order valence-electron chi connectivity index (χ2n) is 6.38. The van der Waals surface area contributed by atoms with E-state index in [1.165, 1.54) is 0 Å². The summed E-state index contributed by atoms with van der Waals surface area (Å²) in [7, 11) is 0. The minimum Gasteiger partial charge on any atom is -0.477 e. The number of rotatable bonds is 1. The SMILES string of the molecule is CC1=CC(=O)C(C)(C2=NC(C)(C)CO2)c2ccccc21. The fraction of sp³-hybridized carbons (Fsp3) is 0.412. The molecule has 3 rings (SSSR count). The van der Waals surface area contributed by atoms with Crippen molar-refractivity contribution < 1.29 is 9.53 Å². The summed E-state index contributed by atoms with van der Waals surface area (Å²) in [5.74, 6) is 0.592. The van der Waals surface area contributed by atoms with Crippen molar-refractivity contribution in [3.05, 3.63) is 41.5 Å². The van der Waals surface area contributed by atoms with Crippen LogP contribution in [0.5, 0.6) is 0 Å². The van der Waals surface area contributed by atoms with Gasteiger partial charge in [0.25, 0.3) is 0 Å². The van der Waals surface area contributed by atoms with Crippen LogP contribution >= 0.6 is 0 Å². The van der Waals surface area contributed by atoms with Gasteiger partial charge in [-0.25, -0.2) is 4.99 Å². The van der Waals surface area contributed by atoms with Crippen molar-refractivity contribution in [3.8, 4) is 0 Å². The Kier molecular flexibility index (Phi) is 2.65. The average molecular weight is 269 g/mol. The van der Waals surface area contributed by atoms with Crippen molar-refractivity contribution >= 4 is 17.3 Å². The molecule has 1 aromatic rings. The van der Waals surface area contributed by atoms with Gasteiger partial charge in [-0.2, -0.15) is 0 Å². The van der Waals surface area contributed by atoms with Crippen LogP contribution in [0, 0.1) is 0 Å². The van der Waals surface area contributed by atoms with Gasteiger partial charge in [-0.1, -0.05) is 24.3 Å². The van der Waals surface area contributed by atoms with Crippen molar-refractivity contribution in [3.63, 3.8) is 0 Å². The molecular formula is C17H19NO2. The molecule has 3 nitrogen and oxygen atoms in total. The monoisotopic (exact) mass is 269 g/mol. The van der Waals surface area contributed by atoms with E-state index in [0.29, 0.717) is 12.5 Å². The van der Waals surface area contributed by atoms with E-state index in [2.05, 4.69) is 4.99 Å². The van der Waals surface area contributed by atoms with Crippen molar-refractivity contribution in [2.45, 2.75) is 38.6 Å². The minimum absolute atomic E-state index is 0.0464. The van der Waals surface area contributed by atoms with Gasteiger partial charge in [-0.05, 0) is 50.5 Å². The Labute approximate surface area is 119 Å². The number of ether oxygens (including phenoxy) is 1. The van der Waals surface area contributed by atoms with Crippen molar-refractivity contribution in [1.29, 1.82) is 0 Å². The van der Waals surface area contributed by atoms with E-state index >= 15 is 0 Å². The molecule has 3 heteroatoms. The van der Waals surface area contributed by atoms with Crippen molar-refractivity contribution in [2.24, 2.45) is 4.99 Å². The van der Waals surface area contributed by atoms with Crippen LogP contribution in [0.25, 0.3) is 5.57 Å². The highest BCUT2D eigenvalue weighted by Gasteiger charge is 2.47. The van der Waals surface area contributed by atoms with Gasteiger partial charge in [0.2, 0.25) is 5.90 Å². The van der Waals surface area contributed by atoms with E-state index in [0.717, 1.165) is 16.7 Å². The quantitative estimate of drug-likeness (QED) is 0.785. The number of carbonyl (C=O) groups is 1. The number of nitrogens with zero attached hydrogens (tertiary/aromatic N) is 1. The molecule has 0 N–H and O–H groups in total. The van der Waals surface area contributed by atoms with Gasteiger partial charge in [-0.15, -0.1) is 0 Å². The third-order valence-electron chi connectivity index (χ3n) is 4.13. The highest BCUT2D eigenvalue weighted by Crippen LogP contribution is 2.40. The molecule has 0 amide bonds. The number of allylic oxidation sites excluding steroid dienone is 2. The number of fused-ring (bicyclic) bond motifs is 1. The first kappa shape index (κ1) is 13.1. The van der Waals surface area contributed by atoms with E-state index in [1.807, 2.05) is 52.0 Å². The zero-order valence-corrected chi connectivity index (χ0v) is 12.4. The van der Waals surface area contributed by atoms with Crippen molar-refractivity contribution in [2.75, 3.05) is 6.61 Å². The molecule has 0 spiro atoms.